The number of nitrogens with zero attached hydrogens (tertiary/aromatic N) is 1. The minimum Gasteiger partial charge on any atom is -0.491 e. The van der Waals surface area contributed by atoms with E-state index in [2.05, 4.69) is 29.4 Å². The van der Waals surface area contributed by atoms with Gasteiger partial charge in [0.25, 0.3) is 0 Å². The highest BCUT2D eigenvalue weighted by atomic mass is 32.1. The number of hydrogen-bond donors (Lipinski definition) is 1. The molecule has 3 aromatic rings. The van der Waals surface area contributed by atoms with Crippen molar-refractivity contribution in [3.63, 3.8) is 0 Å². The van der Waals surface area contributed by atoms with Crippen molar-refractivity contribution in [3.05, 3.63) is 71.0 Å². The zero-order valence-corrected chi connectivity index (χ0v) is 16.0. The lowest BCUT2D eigenvalue weighted by molar-refractivity contribution is 0.242. The molecule has 0 aliphatic heterocycles. The Hall–Kier alpha value is -2.24. The molecule has 26 heavy (non-hydrogen) atoms. The van der Waals surface area contributed by atoms with E-state index in [4.69, 9.17) is 4.74 Å². The average molecular weight is 370 g/mol. The van der Waals surface area contributed by atoms with Gasteiger partial charge < -0.3 is 10.1 Å². The number of halogens is 1. The molecule has 0 aliphatic rings. The summed E-state index contributed by atoms with van der Waals surface area (Å²) in [5, 5.41) is 6.44. The molecule has 1 atom stereocenters. The number of rotatable bonds is 7. The summed E-state index contributed by atoms with van der Waals surface area (Å²) in [6.45, 7) is 6.85. The molecule has 0 saturated carbocycles. The molecular formula is C21H23FN2OS. The van der Waals surface area contributed by atoms with Crippen LogP contribution in [0.2, 0.25) is 0 Å². The SMILES string of the molecule is CC(C)Oc1cccc(C(C)NCc2csc(-c3ccc(F)cc3)n2)c1. The van der Waals surface area contributed by atoms with Gasteiger partial charge in [0, 0.05) is 23.5 Å². The van der Waals surface area contributed by atoms with E-state index in [0.717, 1.165) is 22.0 Å². The van der Waals surface area contributed by atoms with Gasteiger partial charge in [0.05, 0.1) is 11.8 Å². The van der Waals surface area contributed by atoms with Gasteiger partial charge in [-0.25, -0.2) is 9.37 Å². The van der Waals surface area contributed by atoms with Crippen LogP contribution in [-0.4, -0.2) is 11.1 Å². The Balaban J connectivity index is 1.61. The maximum absolute atomic E-state index is 13.0. The van der Waals surface area contributed by atoms with Crippen LogP contribution in [0.3, 0.4) is 0 Å². The summed E-state index contributed by atoms with van der Waals surface area (Å²) in [7, 11) is 0. The van der Waals surface area contributed by atoms with Crippen molar-refractivity contribution in [3.8, 4) is 16.3 Å². The van der Waals surface area contributed by atoms with Crippen molar-refractivity contribution in [2.45, 2.75) is 39.5 Å². The molecule has 0 radical (unpaired) electrons. The molecule has 0 aliphatic carbocycles. The Bertz CT molecular complexity index is 845. The fourth-order valence-corrected chi connectivity index (χ4v) is 3.44. The highest BCUT2D eigenvalue weighted by molar-refractivity contribution is 7.13. The Kier molecular flexibility index (Phi) is 6.01. The van der Waals surface area contributed by atoms with Gasteiger partial charge in [-0.3, -0.25) is 0 Å². The summed E-state index contributed by atoms with van der Waals surface area (Å²) in [5.74, 6) is 0.656. The van der Waals surface area contributed by atoms with Gasteiger partial charge in [0.15, 0.2) is 0 Å². The first-order valence-corrected chi connectivity index (χ1v) is 9.59. The van der Waals surface area contributed by atoms with E-state index in [1.165, 1.54) is 17.7 Å². The maximum atomic E-state index is 13.0. The number of thiazole rings is 1. The third kappa shape index (κ3) is 4.90. The summed E-state index contributed by atoms with van der Waals surface area (Å²) in [6, 6.07) is 14.8. The minimum absolute atomic E-state index is 0.161. The predicted octanol–water partition coefficient (Wildman–Crippen LogP) is 5.59. The number of hydrogen-bond acceptors (Lipinski definition) is 4. The molecule has 0 spiro atoms. The molecule has 1 aromatic heterocycles. The molecule has 1 unspecified atom stereocenters. The molecule has 3 rings (SSSR count). The topological polar surface area (TPSA) is 34.1 Å². The minimum atomic E-state index is -0.232. The third-order valence-electron chi connectivity index (χ3n) is 3.96. The van der Waals surface area contributed by atoms with Crippen molar-refractivity contribution in [1.82, 2.24) is 10.3 Å². The van der Waals surface area contributed by atoms with Crippen LogP contribution in [0, 0.1) is 5.82 Å². The summed E-state index contributed by atoms with van der Waals surface area (Å²) in [4.78, 5) is 4.64. The van der Waals surface area contributed by atoms with Crippen LogP contribution in [0.1, 0.15) is 38.1 Å². The quantitative estimate of drug-likeness (QED) is 0.589. The summed E-state index contributed by atoms with van der Waals surface area (Å²) in [5.41, 5.74) is 3.10. The van der Waals surface area contributed by atoms with Crippen LogP contribution < -0.4 is 10.1 Å². The number of nitrogens with one attached hydrogen (secondary N) is 1. The van der Waals surface area contributed by atoms with Gasteiger partial charge in [-0.15, -0.1) is 11.3 Å². The number of aromatic nitrogens is 1. The van der Waals surface area contributed by atoms with Gasteiger partial charge in [0.1, 0.15) is 16.6 Å². The van der Waals surface area contributed by atoms with E-state index in [9.17, 15) is 4.39 Å². The Morgan fingerprint density at radius 1 is 1.12 bits per heavy atom. The molecule has 0 fully saturated rings. The van der Waals surface area contributed by atoms with Crippen LogP contribution in [-0.2, 0) is 6.54 Å². The summed E-state index contributed by atoms with van der Waals surface area (Å²) in [6.07, 6.45) is 0.161. The van der Waals surface area contributed by atoms with Crippen molar-refractivity contribution >= 4 is 11.3 Å². The molecule has 0 bridgehead atoms. The molecule has 3 nitrogen and oxygen atoms in total. The zero-order valence-electron chi connectivity index (χ0n) is 15.2. The Labute approximate surface area is 157 Å². The van der Waals surface area contributed by atoms with Gasteiger partial charge in [0.2, 0.25) is 0 Å². The highest BCUT2D eigenvalue weighted by Crippen LogP contribution is 2.25. The third-order valence-corrected chi connectivity index (χ3v) is 4.90. The molecule has 5 heteroatoms. The number of benzene rings is 2. The lowest BCUT2D eigenvalue weighted by Gasteiger charge is -2.16. The van der Waals surface area contributed by atoms with Gasteiger partial charge in [-0.1, -0.05) is 12.1 Å². The average Bonchev–Trinajstić information content (AvgIpc) is 3.09. The molecule has 1 heterocycles. The first-order valence-electron chi connectivity index (χ1n) is 8.71. The molecule has 2 aromatic carbocycles. The normalized spacial score (nSPS) is 12.3. The van der Waals surface area contributed by atoms with Crippen molar-refractivity contribution in [2.24, 2.45) is 0 Å². The smallest absolute Gasteiger partial charge is 0.123 e. The molecule has 0 saturated heterocycles. The van der Waals surface area contributed by atoms with E-state index in [-0.39, 0.29) is 18.0 Å². The largest absolute Gasteiger partial charge is 0.491 e. The van der Waals surface area contributed by atoms with Crippen LogP contribution >= 0.6 is 11.3 Å². The second kappa shape index (κ2) is 8.43. The molecule has 136 valence electrons. The second-order valence-electron chi connectivity index (χ2n) is 6.49. The van der Waals surface area contributed by atoms with Gasteiger partial charge in [-0.05, 0) is 62.7 Å². The van der Waals surface area contributed by atoms with Gasteiger partial charge >= 0.3 is 0 Å². The molecular weight excluding hydrogens is 347 g/mol. The van der Waals surface area contributed by atoms with E-state index in [0.29, 0.717) is 6.54 Å². The zero-order chi connectivity index (χ0) is 18.5. The van der Waals surface area contributed by atoms with Crippen molar-refractivity contribution < 1.29 is 9.13 Å². The maximum Gasteiger partial charge on any atom is 0.123 e. The van der Waals surface area contributed by atoms with E-state index < -0.39 is 0 Å². The highest BCUT2D eigenvalue weighted by Gasteiger charge is 2.09. The Morgan fingerprint density at radius 3 is 2.62 bits per heavy atom. The van der Waals surface area contributed by atoms with Crippen LogP contribution in [0.5, 0.6) is 5.75 Å². The molecule has 0 amide bonds. The standard InChI is InChI=1S/C21H23FN2OS/c1-14(2)25-20-6-4-5-17(11-20)15(3)23-12-19-13-26-21(24-19)16-7-9-18(22)10-8-16/h4-11,13-15,23H,12H2,1-3H3. The Morgan fingerprint density at radius 2 is 1.88 bits per heavy atom. The fourth-order valence-electron chi connectivity index (χ4n) is 2.62. The predicted molar refractivity (Wildman–Crippen MR) is 105 cm³/mol. The van der Waals surface area contributed by atoms with Crippen LogP contribution in [0.4, 0.5) is 4.39 Å². The summed E-state index contributed by atoms with van der Waals surface area (Å²) < 4.78 is 18.8. The monoisotopic (exact) mass is 370 g/mol. The van der Waals surface area contributed by atoms with E-state index in [1.54, 1.807) is 23.5 Å². The first-order chi connectivity index (χ1) is 12.5. The van der Waals surface area contributed by atoms with Crippen LogP contribution in [0.15, 0.2) is 53.9 Å². The second-order valence-corrected chi connectivity index (χ2v) is 7.35. The fraction of sp³-hybridized carbons (Fsp3) is 0.286. The first kappa shape index (κ1) is 18.5. The van der Waals surface area contributed by atoms with Crippen molar-refractivity contribution in [1.29, 1.82) is 0 Å². The molecule has 1 N–H and O–H groups in total. The van der Waals surface area contributed by atoms with Gasteiger partial charge in [-0.2, -0.15) is 0 Å². The van der Waals surface area contributed by atoms with Crippen molar-refractivity contribution in [2.75, 3.05) is 0 Å². The van der Waals surface area contributed by atoms with Crippen LogP contribution in [0.25, 0.3) is 10.6 Å². The summed E-state index contributed by atoms with van der Waals surface area (Å²) >= 11 is 1.57. The lowest BCUT2D eigenvalue weighted by Crippen LogP contribution is -2.18. The number of ether oxygens (including phenoxy) is 1. The van der Waals surface area contributed by atoms with E-state index in [1.807, 2.05) is 31.4 Å². The van der Waals surface area contributed by atoms with E-state index >= 15 is 0 Å². The lowest BCUT2D eigenvalue weighted by atomic mass is 10.1.